The van der Waals surface area contributed by atoms with E-state index >= 15 is 0 Å². The second-order valence-electron chi connectivity index (χ2n) is 5.79. The van der Waals surface area contributed by atoms with Crippen molar-refractivity contribution in [1.82, 2.24) is 4.90 Å². The maximum Gasteiger partial charge on any atom is 0.323 e. The lowest BCUT2D eigenvalue weighted by molar-refractivity contribution is -0.147. The molecule has 0 N–H and O–H groups in total. The number of ether oxygens (including phenoxy) is 1. The first-order valence-corrected chi connectivity index (χ1v) is 6.31. The predicted octanol–water partition coefficient (Wildman–Crippen LogP) is 2.06. The molecule has 0 aromatic rings. The fourth-order valence-electron chi connectivity index (χ4n) is 3.78. The van der Waals surface area contributed by atoms with Crippen LogP contribution in [0.2, 0.25) is 0 Å². The van der Waals surface area contributed by atoms with Crippen molar-refractivity contribution in [3.63, 3.8) is 0 Å². The highest BCUT2D eigenvalue weighted by Crippen LogP contribution is 2.49. The van der Waals surface area contributed by atoms with Crippen molar-refractivity contribution in [2.24, 2.45) is 11.8 Å². The van der Waals surface area contributed by atoms with E-state index in [2.05, 4.69) is 25.8 Å². The Bertz CT molecular complexity index is 288. The van der Waals surface area contributed by atoms with Crippen molar-refractivity contribution < 1.29 is 9.53 Å². The van der Waals surface area contributed by atoms with Crippen LogP contribution in [-0.2, 0) is 9.53 Å². The minimum atomic E-state index is -0.0509. The van der Waals surface area contributed by atoms with Gasteiger partial charge in [0.1, 0.15) is 6.04 Å². The highest BCUT2D eigenvalue weighted by atomic mass is 16.5. The van der Waals surface area contributed by atoms with Gasteiger partial charge in [-0.3, -0.25) is 9.69 Å². The number of esters is 1. The molecule has 92 valence electrons. The number of hydrogen-bond acceptors (Lipinski definition) is 3. The first-order valence-electron chi connectivity index (χ1n) is 6.31. The molecule has 1 saturated carbocycles. The van der Waals surface area contributed by atoms with Crippen LogP contribution in [0, 0.1) is 11.8 Å². The Labute approximate surface area is 98.1 Å². The molecule has 2 aliphatic rings. The fraction of sp³-hybridized carbons (Fsp3) is 0.923. The van der Waals surface area contributed by atoms with Gasteiger partial charge in [-0.2, -0.15) is 0 Å². The topological polar surface area (TPSA) is 29.5 Å². The first-order chi connectivity index (χ1) is 7.50. The van der Waals surface area contributed by atoms with Crippen molar-refractivity contribution in [2.45, 2.75) is 51.1 Å². The van der Waals surface area contributed by atoms with E-state index in [1.165, 1.54) is 32.8 Å². The molecule has 1 saturated heterocycles. The number of carbonyl (C=O) groups excluding carboxylic acids is 1. The van der Waals surface area contributed by atoms with Gasteiger partial charge in [-0.05, 0) is 45.6 Å². The van der Waals surface area contributed by atoms with Crippen LogP contribution in [0.1, 0.15) is 39.5 Å². The number of likely N-dealkylation sites (tertiary alicyclic amines) is 1. The van der Waals surface area contributed by atoms with Gasteiger partial charge in [-0.1, -0.05) is 12.8 Å². The minimum Gasteiger partial charge on any atom is -0.468 e. The molecular weight excluding hydrogens is 202 g/mol. The molecule has 3 atom stereocenters. The molecular formula is C13H23NO2. The molecule has 2 rings (SSSR count). The Morgan fingerprint density at radius 3 is 2.56 bits per heavy atom. The minimum absolute atomic E-state index is 0.0229. The smallest absolute Gasteiger partial charge is 0.323 e. The molecule has 16 heavy (non-hydrogen) atoms. The number of likely N-dealkylation sites (N-methyl/N-ethyl adjacent to an activating group) is 1. The molecule has 0 radical (unpaired) electrons. The lowest BCUT2D eigenvalue weighted by Gasteiger charge is -2.36. The van der Waals surface area contributed by atoms with E-state index in [0.717, 1.165) is 0 Å². The van der Waals surface area contributed by atoms with Crippen LogP contribution < -0.4 is 0 Å². The second kappa shape index (κ2) is 4.02. The molecule has 3 unspecified atom stereocenters. The largest absolute Gasteiger partial charge is 0.468 e. The zero-order chi connectivity index (χ0) is 11.9. The number of rotatable bonds is 1. The Morgan fingerprint density at radius 2 is 1.94 bits per heavy atom. The summed E-state index contributed by atoms with van der Waals surface area (Å²) >= 11 is 0. The van der Waals surface area contributed by atoms with Gasteiger partial charge >= 0.3 is 5.97 Å². The van der Waals surface area contributed by atoms with Crippen molar-refractivity contribution in [3.05, 3.63) is 0 Å². The second-order valence-corrected chi connectivity index (χ2v) is 5.79. The number of methoxy groups -OCH3 is 1. The van der Waals surface area contributed by atoms with Gasteiger partial charge < -0.3 is 4.74 Å². The van der Waals surface area contributed by atoms with Crippen molar-refractivity contribution in [1.29, 1.82) is 0 Å². The normalized spacial score (nSPS) is 38.1. The number of carbonyl (C=O) groups is 1. The molecule has 1 aliphatic carbocycles. The summed E-state index contributed by atoms with van der Waals surface area (Å²) in [5, 5.41) is 0. The highest BCUT2D eigenvalue weighted by molar-refractivity contribution is 5.77. The fourth-order valence-corrected chi connectivity index (χ4v) is 3.78. The standard InChI is InChI=1S/C13H23NO2/c1-13(2)10-8-6-5-7-9(10)11(14(13)3)12(15)16-4/h9-11H,5-8H2,1-4H3. The highest BCUT2D eigenvalue weighted by Gasteiger charge is 2.55. The van der Waals surface area contributed by atoms with Gasteiger partial charge in [0.2, 0.25) is 0 Å². The molecule has 0 bridgehead atoms. The molecule has 3 heteroatoms. The average Bonchev–Trinajstić information content (AvgIpc) is 2.48. The molecule has 0 spiro atoms. The summed E-state index contributed by atoms with van der Waals surface area (Å²) < 4.78 is 4.97. The van der Waals surface area contributed by atoms with Crippen LogP contribution in [-0.4, -0.2) is 36.6 Å². The van der Waals surface area contributed by atoms with Gasteiger partial charge in [-0.15, -0.1) is 0 Å². The van der Waals surface area contributed by atoms with Crippen molar-refractivity contribution >= 4 is 5.97 Å². The van der Waals surface area contributed by atoms with E-state index in [1.807, 2.05) is 0 Å². The Morgan fingerprint density at radius 1 is 1.31 bits per heavy atom. The summed E-state index contributed by atoms with van der Waals surface area (Å²) in [4.78, 5) is 14.1. The lowest BCUT2D eigenvalue weighted by Crippen LogP contribution is -2.45. The molecule has 0 aromatic heterocycles. The molecule has 0 amide bonds. The average molecular weight is 225 g/mol. The van der Waals surface area contributed by atoms with Crippen molar-refractivity contribution in [3.8, 4) is 0 Å². The van der Waals surface area contributed by atoms with E-state index in [1.54, 1.807) is 0 Å². The van der Waals surface area contributed by atoms with E-state index in [9.17, 15) is 4.79 Å². The number of hydrogen-bond donors (Lipinski definition) is 0. The van der Waals surface area contributed by atoms with Crippen LogP contribution in [0.5, 0.6) is 0 Å². The molecule has 3 nitrogen and oxygen atoms in total. The molecule has 1 heterocycles. The summed E-state index contributed by atoms with van der Waals surface area (Å²) in [6, 6.07) is -0.0229. The summed E-state index contributed by atoms with van der Waals surface area (Å²) in [6.07, 6.45) is 5.01. The molecule has 1 aliphatic heterocycles. The van der Waals surface area contributed by atoms with E-state index in [-0.39, 0.29) is 17.6 Å². The zero-order valence-electron chi connectivity index (χ0n) is 10.8. The maximum absolute atomic E-state index is 11.9. The Kier molecular flexibility index (Phi) is 2.99. The lowest BCUT2D eigenvalue weighted by atomic mass is 9.72. The van der Waals surface area contributed by atoms with Gasteiger partial charge in [0, 0.05) is 5.54 Å². The van der Waals surface area contributed by atoms with E-state index in [0.29, 0.717) is 11.8 Å². The predicted molar refractivity (Wildman–Crippen MR) is 63.1 cm³/mol. The summed E-state index contributed by atoms with van der Waals surface area (Å²) in [7, 11) is 3.57. The van der Waals surface area contributed by atoms with Gasteiger partial charge in [-0.25, -0.2) is 0 Å². The van der Waals surface area contributed by atoms with Gasteiger partial charge in [0.05, 0.1) is 7.11 Å². The SMILES string of the molecule is COC(=O)C1C2CCCCC2C(C)(C)N1C. The third kappa shape index (κ3) is 1.56. The third-order valence-corrected chi connectivity index (χ3v) is 4.90. The van der Waals surface area contributed by atoms with E-state index < -0.39 is 0 Å². The Hall–Kier alpha value is -0.570. The molecule has 2 fully saturated rings. The first kappa shape index (κ1) is 11.9. The number of nitrogens with zero attached hydrogens (tertiary/aromatic N) is 1. The maximum atomic E-state index is 11.9. The molecule has 0 aromatic carbocycles. The van der Waals surface area contributed by atoms with Crippen LogP contribution in [0.25, 0.3) is 0 Å². The Balaban J connectivity index is 2.29. The van der Waals surface area contributed by atoms with Gasteiger partial charge in [0.15, 0.2) is 0 Å². The summed E-state index contributed by atoms with van der Waals surface area (Å²) in [5.41, 5.74) is 0.129. The third-order valence-electron chi connectivity index (χ3n) is 4.90. The van der Waals surface area contributed by atoms with Crippen LogP contribution in [0.3, 0.4) is 0 Å². The van der Waals surface area contributed by atoms with E-state index in [4.69, 9.17) is 4.74 Å². The summed E-state index contributed by atoms with van der Waals surface area (Å²) in [5.74, 6) is 1.10. The van der Waals surface area contributed by atoms with Crippen LogP contribution in [0.15, 0.2) is 0 Å². The quantitative estimate of drug-likeness (QED) is 0.640. The van der Waals surface area contributed by atoms with Crippen LogP contribution in [0.4, 0.5) is 0 Å². The zero-order valence-corrected chi connectivity index (χ0v) is 10.8. The number of fused-ring (bicyclic) bond motifs is 1. The monoisotopic (exact) mass is 225 g/mol. The van der Waals surface area contributed by atoms with Crippen molar-refractivity contribution in [2.75, 3.05) is 14.2 Å². The summed E-state index contributed by atoms with van der Waals surface area (Å²) in [6.45, 7) is 4.53. The van der Waals surface area contributed by atoms with Gasteiger partial charge in [0.25, 0.3) is 0 Å². The van der Waals surface area contributed by atoms with Crippen LogP contribution >= 0.6 is 0 Å².